The first-order valence-electron chi connectivity index (χ1n) is 7.66. The fourth-order valence-electron chi connectivity index (χ4n) is 2.54. The third-order valence-corrected chi connectivity index (χ3v) is 4.07. The maximum Gasteiger partial charge on any atom is 0.308 e. The topological polar surface area (TPSA) is 57.6 Å². The molecule has 4 nitrogen and oxygen atoms in total. The molecule has 1 amide bonds. The van der Waals surface area contributed by atoms with Gasteiger partial charge in [-0.05, 0) is 30.9 Å². The summed E-state index contributed by atoms with van der Waals surface area (Å²) in [5.74, 6) is -2.25. The first-order chi connectivity index (χ1) is 10.4. The number of amides is 1. The lowest BCUT2D eigenvalue weighted by atomic mass is 9.98. The highest BCUT2D eigenvalue weighted by Gasteiger charge is 2.36. The number of nitrogens with zero attached hydrogens (tertiary/aromatic N) is 1. The van der Waals surface area contributed by atoms with Crippen molar-refractivity contribution >= 4 is 11.9 Å². The Morgan fingerprint density at radius 3 is 2.45 bits per heavy atom. The van der Waals surface area contributed by atoms with Gasteiger partial charge in [0.2, 0.25) is 5.91 Å². The Labute approximate surface area is 129 Å². The van der Waals surface area contributed by atoms with Crippen LogP contribution in [-0.4, -0.2) is 34.5 Å². The highest BCUT2D eigenvalue weighted by atomic mass is 19.1. The third-order valence-electron chi connectivity index (χ3n) is 4.07. The summed E-state index contributed by atoms with van der Waals surface area (Å²) in [7, 11) is 0. The van der Waals surface area contributed by atoms with Gasteiger partial charge in [-0.2, -0.15) is 0 Å². The molecule has 0 bridgehead atoms. The van der Waals surface area contributed by atoms with Gasteiger partial charge in [0, 0.05) is 18.5 Å². The maximum absolute atomic E-state index is 13.7. The molecule has 2 atom stereocenters. The first kappa shape index (κ1) is 16.5. The minimum Gasteiger partial charge on any atom is -0.481 e. The normalized spacial score (nSPS) is 16.9. The Hall–Kier alpha value is -1.91. The second-order valence-electron chi connectivity index (χ2n) is 6.16. The Kier molecular flexibility index (Phi) is 5.16. The van der Waals surface area contributed by atoms with E-state index >= 15 is 0 Å². The van der Waals surface area contributed by atoms with Gasteiger partial charge in [-0.15, -0.1) is 0 Å². The lowest BCUT2D eigenvalue weighted by molar-refractivity contribution is -0.144. The smallest absolute Gasteiger partial charge is 0.308 e. The lowest BCUT2D eigenvalue weighted by Crippen LogP contribution is -2.41. The highest BCUT2D eigenvalue weighted by molar-refractivity contribution is 5.80. The summed E-state index contributed by atoms with van der Waals surface area (Å²) in [6.45, 7) is 3.60. The molecule has 1 aliphatic carbocycles. The van der Waals surface area contributed by atoms with Crippen molar-refractivity contribution in [3.8, 4) is 0 Å². The van der Waals surface area contributed by atoms with E-state index < -0.39 is 11.9 Å². The van der Waals surface area contributed by atoms with E-state index in [1.807, 2.05) is 0 Å². The van der Waals surface area contributed by atoms with E-state index in [1.165, 1.54) is 6.07 Å². The molecule has 2 rings (SSSR count). The second-order valence-corrected chi connectivity index (χ2v) is 6.16. The van der Waals surface area contributed by atoms with Gasteiger partial charge in [0.25, 0.3) is 0 Å². The Balaban J connectivity index is 2.03. The molecule has 0 aliphatic heterocycles. The minimum atomic E-state index is -0.903. The molecule has 22 heavy (non-hydrogen) atoms. The molecule has 1 aromatic carbocycles. The van der Waals surface area contributed by atoms with Crippen LogP contribution in [-0.2, 0) is 16.0 Å². The van der Waals surface area contributed by atoms with Crippen molar-refractivity contribution in [2.45, 2.75) is 39.2 Å². The third kappa shape index (κ3) is 4.06. The molecule has 120 valence electrons. The van der Waals surface area contributed by atoms with Crippen LogP contribution in [0.3, 0.4) is 0 Å². The number of carbonyl (C=O) groups excluding carboxylic acids is 1. The zero-order valence-electron chi connectivity index (χ0n) is 13.0. The average Bonchev–Trinajstić information content (AvgIpc) is 3.30. The molecule has 1 aliphatic rings. The summed E-state index contributed by atoms with van der Waals surface area (Å²) in [6.07, 6.45) is 2.17. The maximum atomic E-state index is 13.7. The lowest BCUT2D eigenvalue weighted by Gasteiger charge is -2.27. The van der Waals surface area contributed by atoms with E-state index in [2.05, 4.69) is 0 Å². The zero-order valence-corrected chi connectivity index (χ0v) is 13.0. The van der Waals surface area contributed by atoms with Crippen LogP contribution < -0.4 is 0 Å². The standard InChI is InChI=1S/C17H22FNO3/c1-11(9-13-5-3-4-6-15(13)18)16(20)19(14-7-8-14)10-12(2)17(21)22/h3-6,11-12,14H,7-10H2,1-2H3,(H,21,22). The van der Waals surface area contributed by atoms with Crippen LogP contribution in [0.4, 0.5) is 4.39 Å². The second kappa shape index (κ2) is 6.90. The van der Waals surface area contributed by atoms with Gasteiger partial charge in [-0.1, -0.05) is 32.0 Å². The summed E-state index contributed by atoms with van der Waals surface area (Å²) in [6, 6.07) is 6.59. The molecule has 0 aromatic heterocycles. The SMILES string of the molecule is CC(CN(C(=O)C(C)Cc1ccccc1F)C1CC1)C(=O)O. The molecule has 2 unspecified atom stereocenters. The van der Waals surface area contributed by atoms with Crippen LogP contribution in [0.2, 0.25) is 0 Å². The molecule has 0 saturated heterocycles. The summed E-state index contributed by atoms with van der Waals surface area (Å²) >= 11 is 0. The number of rotatable bonds is 7. The van der Waals surface area contributed by atoms with Crippen LogP contribution in [0, 0.1) is 17.7 Å². The van der Waals surface area contributed by atoms with Crippen molar-refractivity contribution in [2.24, 2.45) is 11.8 Å². The van der Waals surface area contributed by atoms with E-state index in [0.717, 1.165) is 12.8 Å². The van der Waals surface area contributed by atoms with Gasteiger partial charge in [0.05, 0.1) is 5.92 Å². The number of carboxylic acid groups (broad SMARTS) is 1. The molecule has 1 N–H and O–H groups in total. The van der Waals surface area contributed by atoms with E-state index in [-0.39, 0.29) is 30.2 Å². The first-order valence-corrected chi connectivity index (χ1v) is 7.66. The van der Waals surface area contributed by atoms with Gasteiger partial charge >= 0.3 is 5.97 Å². The molecule has 0 heterocycles. The largest absolute Gasteiger partial charge is 0.481 e. The van der Waals surface area contributed by atoms with Gasteiger partial charge in [0.15, 0.2) is 0 Å². The van der Waals surface area contributed by atoms with Crippen LogP contribution in [0.1, 0.15) is 32.3 Å². The van der Waals surface area contributed by atoms with Crippen molar-refractivity contribution in [2.75, 3.05) is 6.54 Å². The molecule has 1 aromatic rings. The number of benzene rings is 1. The Bertz CT molecular complexity index is 557. The Morgan fingerprint density at radius 2 is 1.91 bits per heavy atom. The van der Waals surface area contributed by atoms with Crippen molar-refractivity contribution in [3.05, 3.63) is 35.6 Å². The molecule has 0 radical (unpaired) electrons. The average molecular weight is 307 g/mol. The monoisotopic (exact) mass is 307 g/mol. The van der Waals surface area contributed by atoms with Gasteiger partial charge in [-0.3, -0.25) is 9.59 Å². The minimum absolute atomic E-state index is 0.0844. The molecule has 1 saturated carbocycles. The summed E-state index contributed by atoms with van der Waals surface area (Å²) < 4.78 is 13.7. The van der Waals surface area contributed by atoms with Crippen molar-refractivity contribution < 1.29 is 19.1 Å². The number of halogens is 1. The molecular formula is C17H22FNO3. The number of carbonyl (C=O) groups is 2. The van der Waals surface area contributed by atoms with Crippen molar-refractivity contribution in [1.82, 2.24) is 4.90 Å². The number of hydrogen-bond donors (Lipinski definition) is 1. The van der Waals surface area contributed by atoms with Crippen molar-refractivity contribution in [1.29, 1.82) is 0 Å². The molecule has 0 spiro atoms. The van der Waals surface area contributed by atoms with Crippen LogP contribution in [0.5, 0.6) is 0 Å². The Morgan fingerprint density at radius 1 is 1.27 bits per heavy atom. The van der Waals surface area contributed by atoms with Crippen LogP contribution in [0.15, 0.2) is 24.3 Å². The quantitative estimate of drug-likeness (QED) is 0.842. The predicted octanol–water partition coefficient (Wildman–Crippen LogP) is 2.72. The van der Waals surface area contributed by atoms with Crippen LogP contribution in [0.25, 0.3) is 0 Å². The van der Waals surface area contributed by atoms with Gasteiger partial charge < -0.3 is 10.0 Å². The van der Waals surface area contributed by atoms with E-state index in [0.29, 0.717) is 12.0 Å². The fraction of sp³-hybridized carbons (Fsp3) is 0.529. The summed E-state index contributed by atoms with van der Waals surface area (Å²) in [5, 5.41) is 9.04. The van der Waals surface area contributed by atoms with Crippen LogP contribution >= 0.6 is 0 Å². The van der Waals surface area contributed by atoms with E-state index in [9.17, 15) is 14.0 Å². The highest BCUT2D eigenvalue weighted by Crippen LogP contribution is 2.29. The zero-order chi connectivity index (χ0) is 16.3. The predicted molar refractivity (Wildman–Crippen MR) is 80.8 cm³/mol. The molecule has 1 fully saturated rings. The number of hydrogen-bond acceptors (Lipinski definition) is 2. The number of carboxylic acids is 1. The fourth-order valence-corrected chi connectivity index (χ4v) is 2.54. The van der Waals surface area contributed by atoms with E-state index in [4.69, 9.17) is 5.11 Å². The summed E-state index contributed by atoms with van der Waals surface area (Å²) in [4.78, 5) is 25.3. The van der Waals surface area contributed by atoms with Gasteiger partial charge in [0.1, 0.15) is 5.82 Å². The summed E-state index contributed by atoms with van der Waals surface area (Å²) in [5.41, 5.74) is 0.519. The van der Waals surface area contributed by atoms with Crippen molar-refractivity contribution in [3.63, 3.8) is 0 Å². The molecular weight excluding hydrogens is 285 g/mol. The van der Waals surface area contributed by atoms with Gasteiger partial charge in [-0.25, -0.2) is 4.39 Å². The van der Waals surface area contributed by atoms with E-state index in [1.54, 1.807) is 36.9 Å². The molecule has 5 heteroatoms. The number of aliphatic carboxylic acids is 1.